The van der Waals surface area contributed by atoms with Crippen LogP contribution in [0.5, 0.6) is 5.75 Å². The molecule has 0 saturated carbocycles. The number of aromatic nitrogens is 2. The van der Waals surface area contributed by atoms with Gasteiger partial charge in [0.25, 0.3) is 5.91 Å². The van der Waals surface area contributed by atoms with Gasteiger partial charge in [-0.15, -0.1) is 10.2 Å². The van der Waals surface area contributed by atoms with E-state index < -0.39 is 0 Å². The van der Waals surface area contributed by atoms with E-state index >= 15 is 0 Å². The molecule has 23 heavy (non-hydrogen) atoms. The Morgan fingerprint density at radius 1 is 1.30 bits per heavy atom. The van der Waals surface area contributed by atoms with Crippen molar-refractivity contribution >= 4 is 22.4 Å². The van der Waals surface area contributed by atoms with Crippen LogP contribution >= 0.6 is 11.3 Å². The zero-order valence-electron chi connectivity index (χ0n) is 13.3. The monoisotopic (exact) mass is 331 g/mol. The van der Waals surface area contributed by atoms with E-state index in [-0.39, 0.29) is 12.5 Å². The largest absolute Gasteiger partial charge is 0.484 e. The molecule has 1 N–H and O–H groups in total. The molecule has 0 radical (unpaired) electrons. The molecule has 0 spiro atoms. The van der Waals surface area contributed by atoms with Gasteiger partial charge in [0.1, 0.15) is 10.8 Å². The van der Waals surface area contributed by atoms with Crippen LogP contribution in [0.25, 0.3) is 0 Å². The fourth-order valence-electron chi connectivity index (χ4n) is 2.68. The van der Waals surface area contributed by atoms with Crippen molar-refractivity contribution in [3.05, 3.63) is 34.3 Å². The third kappa shape index (κ3) is 4.28. The molecule has 0 atom stereocenters. The molecule has 0 aliphatic heterocycles. The third-order valence-electron chi connectivity index (χ3n) is 3.90. The predicted molar refractivity (Wildman–Crippen MR) is 91.1 cm³/mol. The molecule has 0 saturated heterocycles. The molecule has 6 heteroatoms. The molecule has 1 aliphatic carbocycles. The maximum atomic E-state index is 11.9. The van der Waals surface area contributed by atoms with Gasteiger partial charge in [-0.3, -0.25) is 10.1 Å². The van der Waals surface area contributed by atoms with E-state index in [2.05, 4.69) is 28.5 Å². The molecular weight excluding hydrogens is 310 g/mol. The Bertz CT molecular complexity index is 684. The number of rotatable bonds is 7. The molecule has 1 heterocycles. The number of carbonyl (C=O) groups excluding carboxylic acids is 1. The van der Waals surface area contributed by atoms with Gasteiger partial charge in [-0.05, 0) is 48.9 Å². The normalized spacial score (nSPS) is 12.9. The minimum Gasteiger partial charge on any atom is -0.484 e. The van der Waals surface area contributed by atoms with E-state index in [4.69, 9.17) is 4.74 Å². The Labute approximate surface area is 140 Å². The first-order chi connectivity index (χ1) is 11.2. The molecule has 122 valence electrons. The smallest absolute Gasteiger partial charge is 0.264 e. The second-order valence-corrected chi connectivity index (χ2v) is 6.79. The lowest BCUT2D eigenvalue weighted by Crippen LogP contribution is -2.20. The second-order valence-electron chi connectivity index (χ2n) is 5.73. The van der Waals surface area contributed by atoms with Crippen molar-refractivity contribution in [1.29, 1.82) is 0 Å². The van der Waals surface area contributed by atoms with Crippen molar-refractivity contribution in [1.82, 2.24) is 10.2 Å². The Morgan fingerprint density at radius 2 is 2.17 bits per heavy atom. The average Bonchev–Trinajstić information content (AvgIpc) is 3.19. The van der Waals surface area contributed by atoms with Crippen LogP contribution in [0.2, 0.25) is 0 Å². The number of hydrogen-bond donors (Lipinski definition) is 1. The molecule has 0 unspecified atom stereocenters. The number of aryl methyl sites for hydroxylation is 3. The van der Waals surface area contributed by atoms with Crippen LogP contribution < -0.4 is 10.1 Å². The number of benzene rings is 1. The van der Waals surface area contributed by atoms with Gasteiger partial charge in [0.05, 0.1) is 0 Å². The standard InChI is InChI=1S/C17H21N3O2S/c1-2-3-7-16-19-20-17(23-16)18-15(21)11-22-14-9-8-12-5-4-6-13(12)10-14/h8-10H,2-7,11H2,1H3,(H,18,20,21). The number of anilines is 1. The summed E-state index contributed by atoms with van der Waals surface area (Å²) >= 11 is 1.43. The summed E-state index contributed by atoms with van der Waals surface area (Å²) in [6.07, 6.45) is 6.57. The van der Waals surface area contributed by atoms with E-state index in [1.165, 1.54) is 28.9 Å². The quantitative estimate of drug-likeness (QED) is 0.845. The van der Waals surface area contributed by atoms with Gasteiger partial charge in [-0.2, -0.15) is 0 Å². The first-order valence-corrected chi connectivity index (χ1v) is 8.93. The Morgan fingerprint density at radius 3 is 3.04 bits per heavy atom. The Hall–Kier alpha value is -1.95. The van der Waals surface area contributed by atoms with Gasteiger partial charge < -0.3 is 4.74 Å². The van der Waals surface area contributed by atoms with Crippen molar-refractivity contribution in [3.63, 3.8) is 0 Å². The summed E-state index contributed by atoms with van der Waals surface area (Å²) in [4.78, 5) is 11.9. The van der Waals surface area contributed by atoms with Crippen LogP contribution in [0.4, 0.5) is 5.13 Å². The van der Waals surface area contributed by atoms with Gasteiger partial charge in [-0.25, -0.2) is 0 Å². The zero-order valence-corrected chi connectivity index (χ0v) is 14.1. The van der Waals surface area contributed by atoms with Crippen molar-refractivity contribution in [2.24, 2.45) is 0 Å². The fourth-order valence-corrected chi connectivity index (χ4v) is 3.47. The number of ether oxygens (including phenoxy) is 1. The second kappa shape index (κ2) is 7.55. The maximum absolute atomic E-state index is 11.9. The molecule has 0 bridgehead atoms. The van der Waals surface area contributed by atoms with Crippen LogP contribution in [-0.4, -0.2) is 22.7 Å². The number of carbonyl (C=O) groups is 1. The molecule has 5 nitrogen and oxygen atoms in total. The fraction of sp³-hybridized carbons (Fsp3) is 0.471. The van der Waals surface area contributed by atoms with Gasteiger partial charge in [0.15, 0.2) is 6.61 Å². The summed E-state index contributed by atoms with van der Waals surface area (Å²) in [7, 11) is 0. The number of nitrogens with zero attached hydrogens (tertiary/aromatic N) is 2. The molecule has 3 rings (SSSR count). The molecular formula is C17H21N3O2S. The molecule has 2 aromatic rings. The summed E-state index contributed by atoms with van der Waals surface area (Å²) in [5, 5.41) is 12.3. The number of nitrogens with one attached hydrogen (secondary N) is 1. The van der Waals surface area contributed by atoms with Crippen LogP contribution in [0, 0.1) is 0 Å². The Kier molecular flexibility index (Phi) is 5.23. The van der Waals surface area contributed by atoms with Crippen LogP contribution in [0.3, 0.4) is 0 Å². The molecule has 1 aromatic heterocycles. The first-order valence-electron chi connectivity index (χ1n) is 8.11. The lowest BCUT2D eigenvalue weighted by molar-refractivity contribution is -0.118. The van der Waals surface area contributed by atoms with E-state index in [0.29, 0.717) is 5.13 Å². The van der Waals surface area contributed by atoms with Crippen LogP contribution in [0.1, 0.15) is 42.3 Å². The third-order valence-corrected chi connectivity index (χ3v) is 4.80. The number of hydrogen-bond acceptors (Lipinski definition) is 5. The van der Waals surface area contributed by atoms with Crippen molar-refractivity contribution in [3.8, 4) is 5.75 Å². The number of unbranched alkanes of at least 4 members (excludes halogenated alkanes) is 1. The molecule has 1 aromatic carbocycles. The van der Waals surface area contributed by atoms with Gasteiger partial charge in [0, 0.05) is 6.42 Å². The van der Waals surface area contributed by atoms with Crippen molar-refractivity contribution < 1.29 is 9.53 Å². The molecule has 0 fully saturated rings. The van der Waals surface area contributed by atoms with E-state index in [1.807, 2.05) is 12.1 Å². The highest BCUT2D eigenvalue weighted by molar-refractivity contribution is 7.15. The predicted octanol–water partition coefficient (Wildman–Crippen LogP) is 3.39. The van der Waals surface area contributed by atoms with Gasteiger partial charge in [0.2, 0.25) is 5.13 Å². The summed E-state index contributed by atoms with van der Waals surface area (Å²) < 4.78 is 5.58. The van der Waals surface area contributed by atoms with Gasteiger partial charge >= 0.3 is 0 Å². The SMILES string of the molecule is CCCCc1nnc(NC(=O)COc2ccc3c(c2)CCC3)s1. The summed E-state index contributed by atoms with van der Waals surface area (Å²) in [5.41, 5.74) is 2.74. The molecule has 1 aliphatic rings. The van der Waals surface area contributed by atoms with E-state index in [9.17, 15) is 4.79 Å². The average molecular weight is 331 g/mol. The van der Waals surface area contributed by atoms with Gasteiger partial charge in [-0.1, -0.05) is 30.7 Å². The highest BCUT2D eigenvalue weighted by atomic mass is 32.1. The minimum absolute atomic E-state index is 0.0113. The first kappa shape index (κ1) is 15.9. The lowest BCUT2D eigenvalue weighted by Gasteiger charge is -2.07. The topological polar surface area (TPSA) is 64.1 Å². The zero-order chi connectivity index (χ0) is 16.1. The van der Waals surface area contributed by atoms with Crippen LogP contribution in [-0.2, 0) is 24.1 Å². The van der Waals surface area contributed by atoms with Crippen molar-refractivity contribution in [2.75, 3.05) is 11.9 Å². The summed E-state index contributed by atoms with van der Waals surface area (Å²) in [6, 6.07) is 6.08. The van der Waals surface area contributed by atoms with E-state index in [1.54, 1.807) is 0 Å². The summed E-state index contributed by atoms with van der Waals surface area (Å²) in [5.74, 6) is 0.547. The van der Waals surface area contributed by atoms with Crippen molar-refractivity contribution in [2.45, 2.75) is 45.4 Å². The lowest BCUT2D eigenvalue weighted by atomic mass is 10.1. The highest BCUT2D eigenvalue weighted by Crippen LogP contribution is 2.26. The maximum Gasteiger partial charge on any atom is 0.264 e. The highest BCUT2D eigenvalue weighted by Gasteiger charge is 2.12. The minimum atomic E-state index is -0.205. The van der Waals surface area contributed by atoms with E-state index in [0.717, 1.165) is 42.9 Å². The summed E-state index contributed by atoms with van der Waals surface area (Å²) in [6.45, 7) is 2.13. The Balaban J connectivity index is 1.48. The van der Waals surface area contributed by atoms with Crippen LogP contribution in [0.15, 0.2) is 18.2 Å². The number of amides is 1. The number of fused-ring (bicyclic) bond motifs is 1. The molecule has 1 amide bonds.